The molecule has 6 nitrogen and oxygen atoms in total. The highest BCUT2D eigenvalue weighted by Crippen LogP contribution is 2.47. The smallest absolute Gasteiger partial charge is 0.410 e. The van der Waals surface area contributed by atoms with Crippen LogP contribution in [0.5, 0.6) is 0 Å². The van der Waals surface area contributed by atoms with Crippen LogP contribution in [0.15, 0.2) is 54.6 Å². The second-order valence-electron chi connectivity index (χ2n) is 11.8. The third-order valence-corrected chi connectivity index (χ3v) is 8.18. The van der Waals surface area contributed by atoms with Gasteiger partial charge in [-0.05, 0) is 98.3 Å². The third kappa shape index (κ3) is 5.38. The maximum Gasteiger partial charge on any atom is 0.410 e. The molecule has 40 heavy (non-hydrogen) atoms. The zero-order valence-electron chi connectivity index (χ0n) is 23.0. The average Bonchev–Trinajstić information content (AvgIpc) is 3.28. The standard InChI is InChI=1S/C32H33F2N3O3/c1-31(2,3)40-30(39)36-14-11-32(12-15-36,24-5-8-25(33)9-6-24)28-10-13-37(29(28)38)20-23-17-21(19-35)16-22-4-7-26(34)18-27(22)23/h4-9,16-18,28H,10-15,20H2,1-3H3. The van der Waals surface area contributed by atoms with E-state index in [1.807, 2.05) is 20.8 Å². The van der Waals surface area contributed by atoms with Gasteiger partial charge in [-0.25, -0.2) is 13.6 Å². The predicted molar refractivity (Wildman–Crippen MR) is 147 cm³/mol. The second kappa shape index (κ2) is 10.5. The van der Waals surface area contributed by atoms with Crippen LogP contribution >= 0.6 is 0 Å². The van der Waals surface area contributed by atoms with Gasteiger partial charge in [-0.3, -0.25) is 4.79 Å². The lowest BCUT2D eigenvalue weighted by Crippen LogP contribution is -2.51. The van der Waals surface area contributed by atoms with Crippen molar-refractivity contribution in [1.82, 2.24) is 9.80 Å². The zero-order chi connectivity index (χ0) is 28.7. The molecule has 2 saturated heterocycles. The summed E-state index contributed by atoms with van der Waals surface area (Å²) >= 11 is 0. The number of rotatable bonds is 4. The minimum absolute atomic E-state index is 0.0260. The Hall–Kier alpha value is -3.99. The van der Waals surface area contributed by atoms with Crippen molar-refractivity contribution >= 4 is 22.8 Å². The van der Waals surface area contributed by atoms with Crippen LogP contribution in [-0.2, 0) is 21.5 Å². The molecule has 1 unspecified atom stereocenters. The summed E-state index contributed by atoms with van der Waals surface area (Å²) in [5.41, 5.74) is 0.880. The molecule has 0 spiro atoms. The maximum atomic E-state index is 14.1. The normalized spacial score (nSPS) is 19.1. The fourth-order valence-corrected chi connectivity index (χ4v) is 6.25. The lowest BCUT2D eigenvalue weighted by atomic mass is 9.64. The fourth-order valence-electron chi connectivity index (χ4n) is 6.25. The Bertz CT molecular complexity index is 1480. The Morgan fingerprint density at radius 1 is 1.02 bits per heavy atom. The molecule has 3 aromatic rings. The van der Waals surface area contributed by atoms with Gasteiger partial charge in [-0.15, -0.1) is 0 Å². The van der Waals surface area contributed by atoms with Crippen LogP contribution in [0.4, 0.5) is 13.6 Å². The van der Waals surface area contributed by atoms with E-state index in [0.29, 0.717) is 49.8 Å². The molecule has 0 bridgehead atoms. The number of fused-ring (bicyclic) bond motifs is 1. The highest BCUT2D eigenvalue weighted by Gasteiger charge is 2.50. The van der Waals surface area contributed by atoms with Gasteiger partial charge in [0.15, 0.2) is 0 Å². The molecule has 0 aromatic heterocycles. The van der Waals surface area contributed by atoms with Gasteiger partial charge in [0.1, 0.15) is 17.2 Å². The molecule has 2 aliphatic heterocycles. The Morgan fingerprint density at radius 2 is 1.70 bits per heavy atom. The summed E-state index contributed by atoms with van der Waals surface area (Å²) in [6.45, 7) is 7.09. The monoisotopic (exact) mass is 545 g/mol. The molecule has 1 atom stereocenters. The van der Waals surface area contributed by atoms with Crippen LogP contribution in [0.1, 0.15) is 56.7 Å². The maximum absolute atomic E-state index is 14.1. The zero-order valence-corrected chi connectivity index (χ0v) is 23.0. The number of nitrogens with zero attached hydrogens (tertiary/aromatic N) is 3. The number of carbonyl (C=O) groups is 2. The lowest BCUT2D eigenvalue weighted by Gasteiger charge is -2.45. The van der Waals surface area contributed by atoms with Crippen molar-refractivity contribution in [2.24, 2.45) is 5.92 Å². The van der Waals surface area contributed by atoms with E-state index in [0.717, 1.165) is 16.5 Å². The topological polar surface area (TPSA) is 73.6 Å². The molecule has 2 fully saturated rings. The molecule has 3 aromatic carbocycles. The molecular formula is C32H33F2N3O3. The van der Waals surface area contributed by atoms with Crippen LogP contribution in [0, 0.1) is 28.9 Å². The number of ether oxygens (including phenoxy) is 1. The van der Waals surface area contributed by atoms with E-state index in [1.54, 1.807) is 40.1 Å². The Balaban J connectivity index is 1.43. The van der Waals surface area contributed by atoms with E-state index < -0.39 is 11.0 Å². The molecule has 0 aliphatic carbocycles. The Labute approximate surface area is 233 Å². The number of likely N-dealkylation sites (tertiary alicyclic amines) is 2. The van der Waals surface area contributed by atoms with Gasteiger partial charge < -0.3 is 14.5 Å². The van der Waals surface area contributed by atoms with Crippen LogP contribution < -0.4 is 0 Å². The van der Waals surface area contributed by atoms with Gasteiger partial charge in [-0.2, -0.15) is 5.26 Å². The lowest BCUT2D eigenvalue weighted by molar-refractivity contribution is -0.134. The molecule has 208 valence electrons. The summed E-state index contributed by atoms with van der Waals surface area (Å²) in [5.74, 6) is -1.11. The van der Waals surface area contributed by atoms with Gasteiger partial charge in [0.25, 0.3) is 0 Å². The molecule has 8 heteroatoms. The quantitative estimate of drug-likeness (QED) is 0.385. The first-order valence-electron chi connectivity index (χ1n) is 13.6. The summed E-state index contributed by atoms with van der Waals surface area (Å²) in [4.78, 5) is 30.2. The molecule has 0 N–H and O–H groups in total. The van der Waals surface area contributed by atoms with Crippen LogP contribution in [-0.4, -0.2) is 47.0 Å². The highest BCUT2D eigenvalue weighted by molar-refractivity contribution is 5.88. The molecule has 2 aliphatic rings. The largest absolute Gasteiger partial charge is 0.444 e. The molecule has 0 saturated carbocycles. The van der Waals surface area contributed by atoms with Crippen molar-refractivity contribution in [3.8, 4) is 6.07 Å². The number of piperidine rings is 1. The van der Waals surface area contributed by atoms with Crippen LogP contribution in [0.25, 0.3) is 10.8 Å². The number of benzene rings is 3. The first-order chi connectivity index (χ1) is 19.0. The number of halogens is 2. The van der Waals surface area contributed by atoms with Gasteiger partial charge in [0, 0.05) is 37.5 Å². The highest BCUT2D eigenvalue weighted by atomic mass is 19.1. The summed E-state index contributed by atoms with van der Waals surface area (Å²) in [5, 5.41) is 11.0. The summed E-state index contributed by atoms with van der Waals surface area (Å²) in [7, 11) is 0. The van der Waals surface area contributed by atoms with Gasteiger partial charge in [-0.1, -0.05) is 18.2 Å². The molecular weight excluding hydrogens is 512 g/mol. The van der Waals surface area contributed by atoms with E-state index >= 15 is 0 Å². The molecule has 2 heterocycles. The van der Waals surface area contributed by atoms with E-state index in [-0.39, 0.29) is 36.1 Å². The van der Waals surface area contributed by atoms with E-state index in [9.17, 15) is 23.6 Å². The first-order valence-corrected chi connectivity index (χ1v) is 13.6. The molecule has 5 rings (SSSR count). The SMILES string of the molecule is CC(C)(C)OC(=O)N1CCC(c2ccc(F)cc2)(C2CCN(Cc3cc(C#N)cc4ccc(F)cc34)C2=O)CC1. The molecule has 2 amide bonds. The Kier molecular flexibility index (Phi) is 7.26. The minimum Gasteiger partial charge on any atom is -0.444 e. The predicted octanol–water partition coefficient (Wildman–Crippen LogP) is 6.31. The van der Waals surface area contributed by atoms with Gasteiger partial charge in [0.2, 0.25) is 5.91 Å². The second-order valence-corrected chi connectivity index (χ2v) is 11.8. The number of nitriles is 1. The summed E-state index contributed by atoms with van der Waals surface area (Å²) in [6, 6.07) is 16.4. The van der Waals surface area contributed by atoms with Crippen molar-refractivity contribution in [3.63, 3.8) is 0 Å². The minimum atomic E-state index is -0.611. The number of amides is 2. The fraction of sp³-hybridized carbons (Fsp3) is 0.406. The number of carbonyl (C=O) groups excluding carboxylic acids is 2. The van der Waals surface area contributed by atoms with Gasteiger partial charge >= 0.3 is 6.09 Å². The average molecular weight is 546 g/mol. The van der Waals surface area contributed by atoms with Crippen molar-refractivity contribution in [2.45, 2.75) is 57.6 Å². The van der Waals surface area contributed by atoms with Crippen molar-refractivity contribution in [1.29, 1.82) is 5.26 Å². The van der Waals surface area contributed by atoms with Crippen LogP contribution in [0.2, 0.25) is 0 Å². The van der Waals surface area contributed by atoms with Crippen LogP contribution in [0.3, 0.4) is 0 Å². The van der Waals surface area contributed by atoms with E-state index in [4.69, 9.17) is 4.74 Å². The van der Waals surface area contributed by atoms with E-state index in [1.165, 1.54) is 24.3 Å². The Morgan fingerprint density at radius 3 is 2.35 bits per heavy atom. The van der Waals surface area contributed by atoms with Crippen molar-refractivity contribution in [3.05, 3.63) is 82.9 Å². The summed E-state index contributed by atoms with van der Waals surface area (Å²) < 4.78 is 33.6. The number of hydrogen-bond donors (Lipinski definition) is 0. The van der Waals surface area contributed by atoms with E-state index in [2.05, 4.69) is 6.07 Å². The van der Waals surface area contributed by atoms with Gasteiger partial charge in [0.05, 0.1) is 11.6 Å². The van der Waals surface area contributed by atoms with Crippen molar-refractivity contribution in [2.75, 3.05) is 19.6 Å². The number of hydrogen-bond acceptors (Lipinski definition) is 4. The summed E-state index contributed by atoms with van der Waals surface area (Å²) in [6.07, 6.45) is 1.31. The molecule has 0 radical (unpaired) electrons. The third-order valence-electron chi connectivity index (χ3n) is 8.18. The van der Waals surface area contributed by atoms with Crippen molar-refractivity contribution < 1.29 is 23.1 Å². The first kappa shape index (κ1) is 27.6.